The van der Waals surface area contributed by atoms with Crippen molar-refractivity contribution in [3.05, 3.63) is 71.5 Å². The van der Waals surface area contributed by atoms with Crippen LogP contribution in [0.1, 0.15) is 82.8 Å². The van der Waals surface area contributed by atoms with Gasteiger partial charge in [-0.2, -0.15) is 25.3 Å². The number of carbonyl (C=O) groups is 3. The van der Waals surface area contributed by atoms with Crippen LogP contribution in [0.4, 0.5) is 11.4 Å². The Kier molecular flexibility index (Phi) is 13.1. The van der Waals surface area contributed by atoms with E-state index in [0.717, 1.165) is 0 Å². The molecule has 57 heavy (non-hydrogen) atoms. The molecule has 17 nitrogen and oxygen atoms in total. The summed E-state index contributed by atoms with van der Waals surface area (Å²) in [6, 6.07) is 8.04. The minimum absolute atomic E-state index is 0.0103. The number of anilines is 2. The fourth-order valence-electron chi connectivity index (χ4n) is 7.78. The zero-order valence-corrected chi connectivity index (χ0v) is 34.2. The predicted octanol–water partition coefficient (Wildman–Crippen LogP) is 4.32. The Labute approximate surface area is 332 Å². The Bertz CT molecular complexity index is 2290. The van der Waals surface area contributed by atoms with E-state index in [0.29, 0.717) is 72.1 Å². The second-order valence-electron chi connectivity index (χ2n) is 14.8. The van der Waals surface area contributed by atoms with E-state index >= 15 is 0 Å². The maximum absolute atomic E-state index is 12.4. The van der Waals surface area contributed by atoms with Crippen LogP contribution in [0.15, 0.2) is 70.1 Å². The highest BCUT2D eigenvalue weighted by molar-refractivity contribution is 7.86. The highest BCUT2D eigenvalue weighted by Gasteiger charge is 2.47. The number of nitrogens with one attached hydrogen (secondary N) is 1. The number of allylic oxidation sites excluding steroid dienone is 3. The van der Waals surface area contributed by atoms with Gasteiger partial charge in [-0.05, 0) is 92.6 Å². The number of rotatable bonds is 18. The van der Waals surface area contributed by atoms with Gasteiger partial charge >= 0.3 is 5.97 Å². The summed E-state index contributed by atoms with van der Waals surface area (Å²) >= 11 is 0. The van der Waals surface area contributed by atoms with E-state index in [1.807, 2.05) is 13.0 Å². The largest absolute Gasteiger partial charge is 0.385 e. The van der Waals surface area contributed by atoms with Gasteiger partial charge in [0.1, 0.15) is 0 Å². The number of benzene rings is 2. The third-order valence-electron chi connectivity index (χ3n) is 10.9. The minimum Gasteiger partial charge on any atom is -0.385 e. The van der Waals surface area contributed by atoms with E-state index < -0.39 is 70.8 Å². The maximum Gasteiger partial charge on any atom is 0.333 e. The highest BCUT2D eigenvalue weighted by Crippen LogP contribution is 2.50. The lowest BCUT2D eigenvalue weighted by Crippen LogP contribution is -2.43. The molecule has 5 rings (SSSR count). The quantitative estimate of drug-likeness (QED) is 0.0926. The van der Waals surface area contributed by atoms with Gasteiger partial charge in [-0.3, -0.25) is 23.2 Å². The fraction of sp³-hybridized carbons (Fsp3) is 0.486. The summed E-state index contributed by atoms with van der Waals surface area (Å²) in [5, 5.41) is 3.79. The molecule has 0 aliphatic carbocycles. The average molecular weight is 854 g/mol. The van der Waals surface area contributed by atoms with Crippen LogP contribution in [0, 0.1) is 0 Å². The Hall–Kier alpha value is -4.18. The molecule has 3 aliphatic heterocycles. The Morgan fingerprint density at radius 2 is 1.51 bits per heavy atom. The van der Waals surface area contributed by atoms with Crippen LogP contribution >= 0.6 is 0 Å². The second-order valence-corrected chi connectivity index (χ2v) is 19.2. The summed E-state index contributed by atoms with van der Waals surface area (Å²) in [5.41, 5.74) is 1.23. The van der Waals surface area contributed by atoms with E-state index in [9.17, 15) is 53.3 Å². The van der Waals surface area contributed by atoms with E-state index in [1.165, 1.54) is 30.3 Å². The van der Waals surface area contributed by atoms with Crippen LogP contribution in [0.25, 0.3) is 0 Å². The minimum atomic E-state index is -4.57. The van der Waals surface area contributed by atoms with Crippen molar-refractivity contribution >= 4 is 59.5 Å². The molecule has 3 unspecified atom stereocenters. The number of amides is 2. The number of unbranched alkanes of at least 4 members (excludes halogenated alkanes) is 2. The smallest absolute Gasteiger partial charge is 0.333 e. The van der Waals surface area contributed by atoms with Crippen molar-refractivity contribution in [1.29, 1.82) is 0 Å². The number of fused-ring (bicyclic) bond motifs is 2. The summed E-state index contributed by atoms with van der Waals surface area (Å²) in [5.74, 6) is -2.36. The average Bonchev–Trinajstić information content (AvgIpc) is 3.67. The molecule has 20 heteroatoms. The van der Waals surface area contributed by atoms with Crippen LogP contribution in [0.2, 0.25) is 0 Å². The molecule has 0 radical (unpaired) electrons. The zero-order chi connectivity index (χ0) is 42.0. The number of hydroxylamine groups is 2. The molecule has 3 aliphatic rings. The number of hydrogen-bond acceptors (Lipinski definition) is 13. The summed E-state index contributed by atoms with van der Waals surface area (Å²) < 4.78 is 106. The number of nitrogens with zero attached hydrogens (tertiary/aromatic N) is 2. The van der Waals surface area contributed by atoms with Crippen molar-refractivity contribution in [2.75, 3.05) is 36.2 Å². The van der Waals surface area contributed by atoms with Gasteiger partial charge in [-0.25, -0.2) is 4.79 Å². The molecule has 2 aromatic rings. The standard InChI is InChI=1S/C37H47N3O14S3/c1-36(18-8-22-55(44,45)46)27-23-25(56(47,48)49)12-14-29(27)38-31(36)9-7-10-32-37(2,19-21-53-3)28-24-26(57(50,51)52)13-15-30(28)39(32)20-6-4-5-11-35(43)54-40-33(41)16-17-34(40)42/h7,9-10,12-15,23-24,32,38H,4-6,8,11,16-22H2,1-3H3,(H,44,45,46)(H,47,48,49)(H,50,51,52)/b10-7+,31-9+. The molecule has 0 aromatic heterocycles. The molecule has 1 saturated heterocycles. The monoisotopic (exact) mass is 853 g/mol. The molecule has 3 heterocycles. The Morgan fingerprint density at radius 1 is 0.877 bits per heavy atom. The van der Waals surface area contributed by atoms with E-state index in [4.69, 9.17) is 9.57 Å². The number of methoxy groups -OCH3 is 1. The molecule has 0 saturated carbocycles. The third-order valence-corrected chi connectivity index (χ3v) is 13.4. The van der Waals surface area contributed by atoms with Gasteiger partial charge < -0.3 is 19.8 Å². The number of hydrogen-bond donors (Lipinski definition) is 4. The lowest BCUT2D eigenvalue weighted by atomic mass is 9.75. The number of carbonyl (C=O) groups excluding carboxylic acids is 3. The molecule has 0 spiro atoms. The van der Waals surface area contributed by atoms with Crippen molar-refractivity contribution in [1.82, 2.24) is 5.06 Å². The molecule has 0 bridgehead atoms. The van der Waals surface area contributed by atoms with Gasteiger partial charge in [0.2, 0.25) is 0 Å². The van der Waals surface area contributed by atoms with Gasteiger partial charge in [0.25, 0.3) is 42.2 Å². The van der Waals surface area contributed by atoms with Crippen LogP contribution in [-0.2, 0) is 65.1 Å². The Morgan fingerprint density at radius 3 is 2.12 bits per heavy atom. The third kappa shape index (κ3) is 9.93. The molecule has 4 N–H and O–H groups in total. The molecular weight excluding hydrogens is 807 g/mol. The fourth-order valence-corrected chi connectivity index (χ4v) is 9.30. The number of imide groups is 1. The van der Waals surface area contributed by atoms with Crippen LogP contribution in [-0.4, -0.2) is 93.8 Å². The second kappa shape index (κ2) is 17.0. The summed E-state index contributed by atoms with van der Waals surface area (Å²) in [4.78, 5) is 42.5. The van der Waals surface area contributed by atoms with Crippen molar-refractivity contribution < 1.29 is 62.9 Å². The van der Waals surface area contributed by atoms with Crippen LogP contribution in [0.3, 0.4) is 0 Å². The molecular formula is C37H47N3O14S3. The lowest BCUT2D eigenvalue weighted by molar-refractivity contribution is -0.197. The molecule has 2 aromatic carbocycles. The first-order chi connectivity index (χ1) is 26.6. The highest BCUT2D eigenvalue weighted by atomic mass is 32.2. The summed E-state index contributed by atoms with van der Waals surface area (Å²) in [6.45, 7) is 4.49. The Balaban J connectivity index is 1.45. The van der Waals surface area contributed by atoms with Crippen molar-refractivity contribution in [3.8, 4) is 0 Å². The van der Waals surface area contributed by atoms with Crippen LogP contribution in [0.5, 0.6) is 0 Å². The van der Waals surface area contributed by atoms with Gasteiger partial charge in [-0.1, -0.05) is 25.5 Å². The maximum atomic E-state index is 12.4. The molecule has 1 fully saturated rings. The van der Waals surface area contributed by atoms with E-state index in [-0.39, 0.29) is 41.9 Å². The first kappa shape index (κ1) is 43.9. The normalized spacial score (nSPS) is 23.1. The first-order valence-corrected chi connectivity index (χ1v) is 22.7. The van der Waals surface area contributed by atoms with Crippen LogP contribution < -0.4 is 10.2 Å². The SMILES string of the molecule is COCCC1(C)c2cc(S(=O)(=O)O)ccc2N(CCCCCC(=O)ON2C(=O)CCC2=O)C1/C=C/C=C1/Nc2ccc(S(=O)(=O)O)cc2C1(C)CCCS(=O)(=O)O. The van der Waals surface area contributed by atoms with Crippen molar-refractivity contribution in [2.45, 2.75) is 98.3 Å². The lowest BCUT2D eigenvalue weighted by Gasteiger charge is -2.35. The van der Waals surface area contributed by atoms with Crippen molar-refractivity contribution in [2.24, 2.45) is 0 Å². The molecule has 2 amide bonds. The first-order valence-electron chi connectivity index (χ1n) is 18.3. The van der Waals surface area contributed by atoms with E-state index in [1.54, 1.807) is 32.3 Å². The topological polar surface area (TPSA) is 251 Å². The van der Waals surface area contributed by atoms with Gasteiger partial charge in [0, 0.05) is 67.4 Å². The van der Waals surface area contributed by atoms with Gasteiger partial charge in [0.05, 0.1) is 21.6 Å². The van der Waals surface area contributed by atoms with Gasteiger partial charge in [0.15, 0.2) is 0 Å². The zero-order valence-electron chi connectivity index (χ0n) is 31.7. The molecule has 312 valence electrons. The van der Waals surface area contributed by atoms with Gasteiger partial charge in [-0.15, -0.1) is 5.06 Å². The predicted molar refractivity (Wildman–Crippen MR) is 207 cm³/mol. The van der Waals surface area contributed by atoms with E-state index in [2.05, 4.69) is 10.2 Å². The summed E-state index contributed by atoms with van der Waals surface area (Å²) in [6.07, 6.45) is 7.57. The van der Waals surface area contributed by atoms with Crippen molar-refractivity contribution in [3.63, 3.8) is 0 Å². The summed E-state index contributed by atoms with van der Waals surface area (Å²) in [7, 11) is -11.9. The number of ether oxygens (including phenoxy) is 1. The molecule has 3 atom stereocenters.